The highest BCUT2D eigenvalue weighted by Gasteiger charge is 2.39. The summed E-state index contributed by atoms with van der Waals surface area (Å²) in [4.78, 5) is 28.8. The molecule has 1 aliphatic heterocycles. The van der Waals surface area contributed by atoms with Gasteiger partial charge in [0.2, 0.25) is 0 Å². The van der Waals surface area contributed by atoms with Crippen molar-refractivity contribution in [2.45, 2.75) is 63.0 Å². The second-order valence-electron chi connectivity index (χ2n) is 11.7. The van der Waals surface area contributed by atoms with Gasteiger partial charge in [0.1, 0.15) is 6.29 Å². The summed E-state index contributed by atoms with van der Waals surface area (Å²) in [5.74, 6) is 0.187. The van der Waals surface area contributed by atoms with E-state index < -0.39 is 11.1 Å². The number of ketones is 1. The van der Waals surface area contributed by atoms with Gasteiger partial charge in [-0.25, -0.2) is 0 Å². The number of morpholine rings is 1. The monoisotopic (exact) mass is 570 g/mol. The Balaban J connectivity index is 0.000000227. The minimum absolute atomic E-state index is 0.187. The number of nitrogens with zero attached hydrogens (tertiary/aromatic N) is 2. The number of carbonyl (C=O) groups is 2. The standard InChI is InChI=1S/C23H30N2O2.C13H16O2/c1-4-23(24(2)3,18-19-8-6-5-7-9-19)22(26)20-10-12-21(13-11-20)25-14-16-27-17-15-25;14-10-11-6-2-3-7-12(11)13(15)8-4-1-5-9-13/h5-13H,4,14-18H2,1-3H3;2-3,6-7,10,15H,1,4-5,8-9H2. The number of carbonyl (C=O) groups excluding carboxylic acids is 2. The van der Waals surface area contributed by atoms with Crippen LogP contribution in [0, 0.1) is 0 Å². The second-order valence-corrected chi connectivity index (χ2v) is 11.7. The molecule has 5 rings (SSSR count). The van der Waals surface area contributed by atoms with Crippen LogP contribution in [0.2, 0.25) is 0 Å². The van der Waals surface area contributed by atoms with E-state index in [-0.39, 0.29) is 5.78 Å². The molecule has 2 aliphatic rings. The molecule has 0 radical (unpaired) electrons. The van der Waals surface area contributed by atoms with Gasteiger partial charge < -0.3 is 14.7 Å². The third-order valence-corrected chi connectivity index (χ3v) is 8.98. The lowest BCUT2D eigenvalue weighted by Gasteiger charge is -2.38. The fraction of sp³-hybridized carbons (Fsp3) is 0.444. The lowest BCUT2D eigenvalue weighted by atomic mass is 9.78. The van der Waals surface area contributed by atoms with Crippen molar-refractivity contribution < 1.29 is 19.4 Å². The van der Waals surface area contributed by atoms with Gasteiger partial charge in [0.25, 0.3) is 0 Å². The van der Waals surface area contributed by atoms with Gasteiger partial charge in [-0.05, 0) is 75.2 Å². The van der Waals surface area contributed by atoms with Gasteiger partial charge in [0.15, 0.2) is 5.78 Å². The number of aliphatic hydroxyl groups is 1. The first kappa shape index (κ1) is 31.6. The molecule has 1 N–H and O–H groups in total. The van der Waals surface area contributed by atoms with E-state index in [0.717, 1.165) is 81.5 Å². The van der Waals surface area contributed by atoms with Crippen LogP contribution in [0.25, 0.3) is 0 Å². The van der Waals surface area contributed by atoms with Crippen LogP contribution in [-0.2, 0) is 16.8 Å². The maximum absolute atomic E-state index is 13.6. The van der Waals surface area contributed by atoms with Crippen molar-refractivity contribution >= 4 is 17.8 Å². The van der Waals surface area contributed by atoms with Crippen molar-refractivity contribution in [2.24, 2.45) is 0 Å². The van der Waals surface area contributed by atoms with E-state index in [0.29, 0.717) is 12.0 Å². The molecule has 0 amide bonds. The number of ether oxygens (including phenoxy) is 1. The van der Waals surface area contributed by atoms with Crippen LogP contribution < -0.4 is 4.90 Å². The molecule has 1 saturated carbocycles. The predicted octanol–water partition coefficient (Wildman–Crippen LogP) is 6.31. The summed E-state index contributed by atoms with van der Waals surface area (Å²) < 4.78 is 5.42. The van der Waals surface area contributed by atoms with Crippen LogP contribution in [0.15, 0.2) is 78.9 Å². The molecule has 3 aromatic rings. The molecule has 224 valence electrons. The number of aldehydes is 1. The summed E-state index contributed by atoms with van der Waals surface area (Å²) in [7, 11) is 4.01. The van der Waals surface area contributed by atoms with E-state index in [4.69, 9.17) is 4.74 Å². The van der Waals surface area contributed by atoms with E-state index in [1.54, 1.807) is 6.07 Å². The van der Waals surface area contributed by atoms with Crippen molar-refractivity contribution in [2.75, 3.05) is 45.3 Å². The van der Waals surface area contributed by atoms with Gasteiger partial charge in [0, 0.05) is 29.9 Å². The number of likely N-dealkylation sites (N-methyl/N-ethyl adjacent to an activating group) is 1. The lowest BCUT2D eigenvalue weighted by Crippen LogP contribution is -2.52. The van der Waals surface area contributed by atoms with E-state index in [9.17, 15) is 14.7 Å². The van der Waals surface area contributed by atoms with Gasteiger partial charge in [-0.2, -0.15) is 0 Å². The van der Waals surface area contributed by atoms with Gasteiger partial charge in [-0.15, -0.1) is 0 Å². The Labute approximate surface area is 251 Å². The van der Waals surface area contributed by atoms with Crippen LogP contribution >= 0.6 is 0 Å². The predicted molar refractivity (Wildman–Crippen MR) is 169 cm³/mol. The fourth-order valence-corrected chi connectivity index (χ4v) is 6.32. The molecule has 1 atom stereocenters. The lowest BCUT2D eigenvalue weighted by molar-refractivity contribution is -0.00114. The van der Waals surface area contributed by atoms with Crippen molar-refractivity contribution in [1.82, 2.24) is 4.90 Å². The molecule has 1 saturated heterocycles. The van der Waals surface area contributed by atoms with E-state index in [1.807, 2.05) is 62.6 Å². The maximum atomic E-state index is 13.6. The second kappa shape index (κ2) is 14.7. The van der Waals surface area contributed by atoms with E-state index in [1.165, 1.54) is 12.0 Å². The SMILES string of the molecule is CCC(Cc1ccccc1)(C(=O)c1ccc(N2CCOCC2)cc1)N(C)C.O=Cc1ccccc1C1(O)CCCCC1. The number of hydrogen-bond acceptors (Lipinski definition) is 6. The Morgan fingerprint density at radius 2 is 1.55 bits per heavy atom. The highest BCUT2D eigenvalue weighted by Crippen LogP contribution is 2.38. The molecule has 0 bridgehead atoms. The quantitative estimate of drug-likeness (QED) is 0.240. The van der Waals surface area contributed by atoms with Crippen molar-refractivity contribution in [3.8, 4) is 0 Å². The topological polar surface area (TPSA) is 70.1 Å². The number of anilines is 1. The Kier molecular flexibility index (Phi) is 11.1. The third-order valence-electron chi connectivity index (χ3n) is 8.98. The molecule has 1 aliphatic carbocycles. The Morgan fingerprint density at radius 1 is 0.929 bits per heavy atom. The first-order chi connectivity index (χ1) is 20.3. The number of rotatable bonds is 9. The van der Waals surface area contributed by atoms with Gasteiger partial charge in [-0.1, -0.05) is 80.8 Å². The molecule has 0 spiro atoms. The summed E-state index contributed by atoms with van der Waals surface area (Å²) in [6.07, 6.45) is 7.14. The van der Waals surface area contributed by atoms with Crippen molar-refractivity contribution in [3.05, 3.63) is 101 Å². The van der Waals surface area contributed by atoms with Crippen LogP contribution in [-0.4, -0.2) is 68.0 Å². The molecule has 6 heteroatoms. The van der Waals surface area contributed by atoms with Crippen LogP contribution in [0.1, 0.15) is 77.3 Å². The third kappa shape index (κ3) is 7.35. The Hall–Kier alpha value is -3.32. The van der Waals surface area contributed by atoms with E-state index in [2.05, 4.69) is 41.0 Å². The summed E-state index contributed by atoms with van der Waals surface area (Å²) in [5.41, 5.74) is 3.24. The number of benzene rings is 3. The highest BCUT2D eigenvalue weighted by atomic mass is 16.5. The molecule has 1 heterocycles. The molecule has 1 unspecified atom stereocenters. The summed E-state index contributed by atoms with van der Waals surface area (Å²) >= 11 is 0. The largest absolute Gasteiger partial charge is 0.385 e. The maximum Gasteiger partial charge on any atom is 0.183 e. The van der Waals surface area contributed by atoms with Gasteiger partial charge in [-0.3, -0.25) is 14.5 Å². The molecule has 42 heavy (non-hydrogen) atoms. The van der Waals surface area contributed by atoms with Crippen LogP contribution in [0.3, 0.4) is 0 Å². The normalized spacial score (nSPS) is 18.0. The van der Waals surface area contributed by atoms with Crippen molar-refractivity contribution in [1.29, 1.82) is 0 Å². The summed E-state index contributed by atoms with van der Waals surface area (Å²) in [5, 5.41) is 10.5. The first-order valence-corrected chi connectivity index (χ1v) is 15.3. The van der Waals surface area contributed by atoms with Crippen LogP contribution in [0.4, 0.5) is 5.69 Å². The molecule has 3 aromatic carbocycles. The number of hydrogen-bond donors (Lipinski definition) is 1. The fourth-order valence-electron chi connectivity index (χ4n) is 6.32. The highest BCUT2D eigenvalue weighted by molar-refractivity contribution is 6.03. The smallest absolute Gasteiger partial charge is 0.183 e. The van der Waals surface area contributed by atoms with Gasteiger partial charge in [0.05, 0.1) is 24.4 Å². The Bertz CT molecular complexity index is 1280. The molecule has 0 aromatic heterocycles. The average Bonchev–Trinajstić information content (AvgIpc) is 3.05. The zero-order valence-corrected chi connectivity index (χ0v) is 25.4. The summed E-state index contributed by atoms with van der Waals surface area (Å²) in [6.45, 7) is 5.42. The first-order valence-electron chi connectivity index (χ1n) is 15.3. The zero-order valence-electron chi connectivity index (χ0n) is 25.4. The summed E-state index contributed by atoms with van der Waals surface area (Å²) in [6, 6.07) is 25.7. The zero-order chi connectivity index (χ0) is 30.0. The van der Waals surface area contributed by atoms with Crippen LogP contribution in [0.5, 0.6) is 0 Å². The van der Waals surface area contributed by atoms with Crippen molar-refractivity contribution in [3.63, 3.8) is 0 Å². The molecule has 6 nitrogen and oxygen atoms in total. The minimum Gasteiger partial charge on any atom is -0.385 e. The molecular weight excluding hydrogens is 524 g/mol. The number of Topliss-reactive ketones (excluding diaryl/α,β-unsaturated/α-hetero) is 1. The molecular formula is C36H46N2O4. The minimum atomic E-state index is -0.768. The molecule has 2 fully saturated rings. The average molecular weight is 571 g/mol. The van der Waals surface area contributed by atoms with E-state index >= 15 is 0 Å². The Morgan fingerprint density at radius 3 is 2.14 bits per heavy atom. The van der Waals surface area contributed by atoms with Gasteiger partial charge >= 0.3 is 0 Å².